The van der Waals surface area contributed by atoms with Crippen LogP contribution < -0.4 is 5.56 Å². The number of nitrogens with zero attached hydrogens (tertiary/aromatic N) is 2. The van der Waals surface area contributed by atoms with Crippen LogP contribution in [0.4, 0.5) is 0 Å². The van der Waals surface area contributed by atoms with Gasteiger partial charge in [-0.1, -0.05) is 0 Å². The molecule has 0 aromatic carbocycles. The number of aromatic nitrogens is 2. The van der Waals surface area contributed by atoms with Gasteiger partial charge in [-0.2, -0.15) is 0 Å². The molecular formula is C12H13BrN2O2. The van der Waals surface area contributed by atoms with Gasteiger partial charge >= 0.3 is 0 Å². The summed E-state index contributed by atoms with van der Waals surface area (Å²) in [7, 11) is 0. The number of hydrogen-bond acceptors (Lipinski definition) is 3. The molecule has 4 nitrogen and oxygen atoms in total. The first-order valence-corrected chi connectivity index (χ1v) is 6.05. The topological polar surface area (TPSA) is 55.1 Å². The highest BCUT2D eigenvalue weighted by Crippen LogP contribution is 2.15. The van der Waals surface area contributed by atoms with E-state index in [1.54, 1.807) is 19.9 Å². The zero-order chi connectivity index (χ0) is 12.6. The first-order valence-electron chi connectivity index (χ1n) is 5.25. The third-order valence-corrected chi connectivity index (χ3v) is 2.79. The van der Waals surface area contributed by atoms with E-state index in [0.29, 0.717) is 10.3 Å². The fraction of sp³-hybridized carbons (Fsp3) is 0.333. The summed E-state index contributed by atoms with van der Waals surface area (Å²) < 4.78 is 2.15. The Bertz CT molecular complexity index is 614. The van der Waals surface area contributed by atoms with E-state index in [9.17, 15) is 9.90 Å². The molecule has 1 N–H and O–H groups in total. The molecule has 0 bridgehead atoms. The van der Waals surface area contributed by atoms with E-state index in [1.807, 2.05) is 12.1 Å². The molecule has 5 heteroatoms. The van der Waals surface area contributed by atoms with Gasteiger partial charge in [0.2, 0.25) is 0 Å². The average Bonchev–Trinajstić information content (AvgIpc) is 2.21. The largest absolute Gasteiger partial charge is 0.389 e. The molecular weight excluding hydrogens is 284 g/mol. The lowest BCUT2D eigenvalue weighted by Gasteiger charge is -2.19. The quantitative estimate of drug-likeness (QED) is 0.862. The number of pyridine rings is 2. The molecule has 0 unspecified atom stereocenters. The van der Waals surface area contributed by atoms with Crippen LogP contribution >= 0.6 is 15.9 Å². The molecule has 0 saturated heterocycles. The van der Waals surface area contributed by atoms with Crippen LogP contribution in [-0.2, 0) is 6.54 Å². The fourth-order valence-corrected chi connectivity index (χ4v) is 1.98. The Balaban J connectivity index is 2.71. The number of hydrogen-bond donors (Lipinski definition) is 1. The summed E-state index contributed by atoms with van der Waals surface area (Å²) >= 11 is 3.28. The van der Waals surface area contributed by atoms with Crippen LogP contribution in [-0.4, -0.2) is 20.3 Å². The third kappa shape index (κ3) is 2.73. The molecule has 0 fully saturated rings. The molecule has 2 rings (SSSR count). The molecule has 0 aliphatic rings. The monoisotopic (exact) mass is 296 g/mol. The predicted molar refractivity (Wildman–Crippen MR) is 70.0 cm³/mol. The summed E-state index contributed by atoms with van der Waals surface area (Å²) in [4.78, 5) is 16.1. The Labute approximate surface area is 107 Å². The smallest absolute Gasteiger partial charge is 0.252 e. The lowest BCUT2D eigenvalue weighted by molar-refractivity contribution is 0.0616. The second-order valence-electron chi connectivity index (χ2n) is 4.62. The van der Waals surface area contributed by atoms with Crippen LogP contribution in [0.1, 0.15) is 13.8 Å². The number of aliphatic hydroxyl groups is 1. The van der Waals surface area contributed by atoms with E-state index in [4.69, 9.17) is 0 Å². The first kappa shape index (κ1) is 12.3. The van der Waals surface area contributed by atoms with E-state index < -0.39 is 5.60 Å². The summed E-state index contributed by atoms with van der Waals surface area (Å²) in [5.41, 5.74) is -0.540. The van der Waals surface area contributed by atoms with Crippen LogP contribution in [0.5, 0.6) is 0 Å². The Hall–Kier alpha value is -1.20. The molecule has 0 aliphatic carbocycles. The highest BCUT2D eigenvalue weighted by atomic mass is 79.9. The van der Waals surface area contributed by atoms with E-state index in [0.717, 1.165) is 5.39 Å². The normalized spacial score (nSPS) is 12.0. The highest BCUT2D eigenvalue weighted by molar-refractivity contribution is 9.10. The zero-order valence-corrected chi connectivity index (χ0v) is 11.2. The summed E-state index contributed by atoms with van der Waals surface area (Å²) in [5.74, 6) is 0. The summed E-state index contributed by atoms with van der Waals surface area (Å²) in [5, 5.41) is 10.7. The third-order valence-electron chi connectivity index (χ3n) is 2.34. The number of rotatable bonds is 2. The molecule has 0 spiro atoms. The van der Waals surface area contributed by atoms with Gasteiger partial charge in [0.1, 0.15) is 10.3 Å². The van der Waals surface area contributed by atoms with Gasteiger partial charge in [-0.15, -0.1) is 0 Å². The molecule has 0 radical (unpaired) electrons. The second kappa shape index (κ2) is 4.23. The van der Waals surface area contributed by atoms with Gasteiger partial charge in [-0.05, 0) is 48.0 Å². The van der Waals surface area contributed by atoms with Gasteiger partial charge in [0.15, 0.2) is 0 Å². The van der Waals surface area contributed by atoms with Crippen molar-refractivity contribution in [1.82, 2.24) is 9.55 Å². The minimum Gasteiger partial charge on any atom is -0.389 e. The molecule has 2 aromatic rings. The van der Waals surface area contributed by atoms with E-state index in [1.165, 1.54) is 10.6 Å². The maximum Gasteiger partial charge on any atom is 0.252 e. The standard InChI is InChI=1S/C12H13BrN2O2/c1-12(2,17)7-15-10(16)6-4-8-3-5-9(13)14-11(8)15/h3-6,17H,7H2,1-2H3. The van der Waals surface area contributed by atoms with Crippen LogP contribution in [0, 0.1) is 0 Å². The molecule has 2 aromatic heterocycles. The van der Waals surface area contributed by atoms with Crippen molar-refractivity contribution in [2.75, 3.05) is 0 Å². The van der Waals surface area contributed by atoms with E-state index in [2.05, 4.69) is 20.9 Å². The average molecular weight is 297 g/mol. The molecule has 0 saturated carbocycles. The van der Waals surface area contributed by atoms with Gasteiger partial charge in [0.05, 0.1) is 12.1 Å². The first-order chi connectivity index (χ1) is 7.87. The Morgan fingerprint density at radius 1 is 1.35 bits per heavy atom. The van der Waals surface area contributed by atoms with Crippen molar-refractivity contribution in [2.24, 2.45) is 0 Å². The van der Waals surface area contributed by atoms with Gasteiger partial charge in [-0.3, -0.25) is 9.36 Å². The van der Waals surface area contributed by atoms with Crippen molar-refractivity contribution in [3.05, 3.63) is 39.2 Å². The highest BCUT2D eigenvalue weighted by Gasteiger charge is 2.16. The van der Waals surface area contributed by atoms with Crippen LogP contribution in [0.3, 0.4) is 0 Å². The van der Waals surface area contributed by atoms with Gasteiger partial charge in [0.25, 0.3) is 5.56 Å². The molecule has 90 valence electrons. The Morgan fingerprint density at radius 3 is 2.65 bits per heavy atom. The summed E-state index contributed by atoms with van der Waals surface area (Å²) in [6.07, 6.45) is 0. The Kier molecular flexibility index (Phi) is 3.05. The molecule has 0 atom stereocenters. The van der Waals surface area contributed by atoms with E-state index in [-0.39, 0.29) is 12.1 Å². The van der Waals surface area contributed by atoms with Crippen molar-refractivity contribution < 1.29 is 5.11 Å². The summed E-state index contributed by atoms with van der Waals surface area (Å²) in [6.45, 7) is 3.54. The van der Waals surface area contributed by atoms with Crippen molar-refractivity contribution in [1.29, 1.82) is 0 Å². The van der Waals surface area contributed by atoms with Gasteiger partial charge in [-0.25, -0.2) is 4.98 Å². The van der Waals surface area contributed by atoms with Crippen molar-refractivity contribution in [3.8, 4) is 0 Å². The van der Waals surface area contributed by atoms with Gasteiger partial charge in [0, 0.05) is 11.5 Å². The SMILES string of the molecule is CC(C)(O)Cn1c(=O)ccc2ccc(Br)nc21. The molecule has 0 aliphatic heterocycles. The second-order valence-corrected chi connectivity index (χ2v) is 5.43. The zero-order valence-electron chi connectivity index (χ0n) is 9.64. The number of fused-ring (bicyclic) bond motifs is 1. The lowest BCUT2D eigenvalue weighted by atomic mass is 10.1. The Morgan fingerprint density at radius 2 is 2.00 bits per heavy atom. The van der Waals surface area contributed by atoms with Crippen molar-refractivity contribution in [2.45, 2.75) is 26.0 Å². The maximum absolute atomic E-state index is 11.8. The summed E-state index contributed by atoms with van der Waals surface area (Å²) in [6, 6.07) is 6.93. The van der Waals surface area contributed by atoms with Crippen molar-refractivity contribution in [3.63, 3.8) is 0 Å². The van der Waals surface area contributed by atoms with Crippen LogP contribution in [0.15, 0.2) is 33.7 Å². The lowest BCUT2D eigenvalue weighted by Crippen LogP contribution is -2.32. The molecule has 0 amide bonds. The predicted octanol–water partition coefficient (Wildman–Crippen LogP) is 1.93. The maximum atomic E-state index is 11.8. The molecule has 17 heavy (non-hydrogen) atoms. The van der Waals surface area contributed by atoms with Crippen molar-refractivity contribution >= 4 is 27.0 Å². The van der Waals surface area contributed by atoms with Crippen LogP contribution in [0.2, 0.25) is 0 Å². The molecule has 2 heterocycles. The number of halogens is 1. The fourth-order valence-electron chi connectivity index (χ4n) is 1.68. The minimum absolute atomic E-state index is 0.162. The van der Waals surface area contributed by atoms with E-state index >= 15 is 0 Å². The minimum atomic E-state index is -0.956. The van der Waals surface area contributed by atoms with Gasteiger partial charge < -0.3 is 5.11 Å². The van der Waals surface area contributed by atoms with Crippen LogP contribution in [0.25, 0.3) is 11.0 Å².